The maximum Gasteiger partial charge on any atom is 0.218 e. The van der Waals surface area contributed by atoms with E-state index in [4.69, 9.17) is 4.74 Å². The molecule has 0 bridgehead atoms. The van der Waals surface area contributed by atoms with Gasteiger partial charge in [0.25, 0.3) is 0 Å². The lowest BCUT2D eigenvalue weighted by Crippen LogP contribution is -2.53. The van der Waals surface area contributed by atoms with E-state index in [0.717, 1.165) is 44.4 Å². The topological polar surface area (TPSA) is 100 Å². The van der Waals surface area contributed by atoms with Crippen LogP contribution in [0.4, 0.5) is 5.82 Å². The molecule has 0 spiro atoms. The highest BCUT2D eigenvalue weighted by Gasteiger charge is 2.28. The van der Waals surface area contributed by atoms with Crippen LogP contribution in [-0.4, -0.2) is 87.6 Å². The van der Waals surface area contributed by atoms with Gasteiger partial charge >= 0.3 is 0 Å². The number of nitrogens with zero attached hydrogens (tertiary/aromatic N) is 5. The van der Waals surface area contributed by atoms with Gasteiger partial charge in [0, 0.05) is 45.8 Å². The van der Waals surface area contributed by atoms with Crippen LogP contribution in [0, 0.1) is 5.92 Å². The minimum atomic E-state index is -2.84. The lowest BCUT2D eigenvalue weighted by Gasteiger charge is -2.37. The van der Waals surface area contributed by atoms with Crippen molar-refractivity contribution >= 4 is 45.6 Å². The Kier molecular flexibility index (Phi) is 7.89. The average molecular weight is 510 g/mol. The molecule has 9 nitrogen and oxygen atoms in total. The highest BCUT2D eigenvalue weighted by atomic mass is 127. The summed E-state index contributed by atoms with van der Waals surface area (Å²) in [5.74, 6) is 3.00. The van der Waals surface area contributed by atoms with Gasteiger partial charge in [-0.3, -0.25) is 4.99 Å². The Morgan fingerprint density at radius 3 is 2.67 bits per heavy atom. The second-order valence-electron chi connectivity index (χ2n) is 6.59. The molecule has 1 aromatic rings. The van der Waals surface area contributed by atoms with Crippen molar-refractivity contribution in [3.8, 4) is 5.88 Å². The quantitative estimate of drug-likeness (QED) is 0.350. The first kappa shape index (κ1) is 21.9. The lowest BCUT2D eigenvalue weighted by atomic mass is 10.1. The molecule has 27 heavy (non-hydrogen) atoms. The molecule has 152 valence electrons. The summed E-state index contributed by atoms with van der Waals surface area (Å²) in [6, 6.07) is 1.84. The second-order valence-corrected chi connectivity index (χ2v) is 8.82. The van der Waals surface area contributed by atoms with E-state index in [1.165, 1.54) is 6.33 Å². The largest absolute Gasteiger partial charge is 0.481 e. The van der Waals surface area contributed by atoms with Crippen molar-refractivity contribution in [2.24, 2.45) is 10.9 Å². The van der Waals surface area contributed by atoms with Crippen LogP contribution in [-0.2, 0) is 9.84 Å². The number of nitrogens with one attached hydrogen (secondary N) is 1. The van der Waals surface area contributed by atoms with Crippen LogP contribution in [0.25, 0.3) is 0 Å². The van der Waals surface area contributed by atoms with Gasteiger partial charge in [0.05, 0.1) is 18.6 Å². The van der Waals surface area contributed by atoms with Gasteiger partial charge in [0.15, 0.2) is 15.8 Å². The molecule has 11 heteroatoms. The van der Waals surface area contributed by atoms with Crippen LogP contribution in [0.5, 0.6) is 5.88 Å². The molecule has 3 heterocycles. The summed E-state index contributed by atoms with van der Waals surface area (Å²) in [6.07, 6.45) is 2.24. The third-order valence-corrected chi connectivity index (χ3v) is 6.66. The van der Waals surface area contributed by atoms with E-state index in [1.807, 2.05) is 6.07 Å². The molecule has 2 aliphatic rings. The van der Waals surface area contributed by atoms with E-state index in [-0.39, 0.29) is 35.6 Å². The van der Waals surface area contributed by atoms with Gasteiger partial charge in [-0.05, 0) is 12.3 Å². The molecule has 1 unspecified atom stereocenters. The summed E-state index contributed by atoms with van der Waals surface area (Å²) in [5.41, 5.74) is 0. The Balaban J connectivity index is 0.00000261. The van der Waals surface area contributed by atoms with Gasteiger partial charge in [-0.1, -0.05) is 0 Å². The van der Waals surface area contributed by atoms with Crippen LogP contribution < -0.4 is 15.0 Å². The van der Waals surface area contributed by atoms with E-state index in [9.17, 15) is 8.42 Å². The summed E-state index contributed by atoms with van der Waals surface area (Å²) in [4.78, 5) is 17.1. The van der Waals surface area contributed by atoms with Gasteiger partial charge < -0.3 is 19.9 Å². The number of anilines is 1. The first-order chi connectivity index (χ1) is 12.5. The van der Waals surface area contributed by atoms with Crippen LogP contribution >= 0.6 is 24.0 Å². The number of halogens is 1. The molecule has 3 rings (SSSR count). The first-order valence-corrected chi connectivity index (χ1v) is 10.6. The maximum absolute atomic E-state index is 11.6. The van der Waals surface area contributed by atoms with Crippen LogP contribution in [0.15, 0.2) is 17.4 Å². The smallest absolute Gasteiger partial charge is 0.218 e. The molecule has 1 atom stereocenters. The van der Waals surface area contributed by atoms with E-state index in [1.54, 1.807) is 14.2 Å². The molecule has 2 fully saturated rings. The van der Waals surface area contributed by atoms with E-state index < -0.39 is 9.84 Å². The number of piperazine rings is 1. The molecular formula is C16H27IN6O3S. The highest BCUT2D eigenvalue weighted by Crippen LogP contribution is 2.19. The molecule has 0 saturated carbocycles. The molecule has 1 aromatic heterocycles. The fourth-order valence-electron chi connectivity index (χ4n) is 3.36. The zero-order chi connectivity index (χ0) is 18.6. The van der Waals surface area contributed by atoms with Gasteiger partial charge in [-0.2, -0.15) is 0 Å². The normalized spacial score (nSPS) is 22.3. The minimum Gasteiger partial charge on any atom is -0.481 e. The standard InChI is InChI=1S/C16H26N6O3S.HI/c1-17-16(18-10-13-3-8-26(23,24)11-13)22-6-4-21(5-7-22)14-9-15(25-2)20-12-19-14;/h9,12-13H,3-8,10-11H2,1-2H3,(H,17,18);1H. The van der Waals surface area contributed by atoms with Crippen molar-refractivity contribution in [2.75, 3.05) is 63.3 Å². The Hall–Kier alpha value is -1.37. The molecule has 0 aromatic carbocycles. The van der Waals surface area contributed by atoms with Crippen LogP contribution in [0.2, 0.25) is 0 Å². The van der Waals surface area contributed by atoms with E-state index in [0.29, 0.717) is 18.2 Å². The van der Waals surface area contributed by atoms with Crippen molar-refractivity contribution in [2.45, 2.75) is 6.42 Å². The third kappa shape index (κ3) is 5.80. The Labute approximate surface area is 177 Å². The van der Waals surface area contributed by atoms with Crippen LogP contribution in [0.3, 0.4) is 0 Å². The Bertz CT molecular complexity index is 752. The van der Waals surface area contributed by atoms with Crippen molar-refractivity contribution in [3.63, 3.8) is 0 Å². The lowest BCUT2D eigenvalue weighted by molar-refractivity contribution is 0.366. The average Bonchev–Trinajstić information content (AvgIpc) is 3.01. The number of guanidine groups is 1. The minimum absolute atomic E-state index is 0. The summed E-state index contributed by atoms with van der Waals surface area (Å²) in [6.45, 7) is 3.91. The van der Waals surface area contributed by atoms with Gasteiger partial charge in [-0.25, -0.2) is 18.4 Å². The summed E-state index contributed by atoms with van der Waals surface area (Å²) < 4.78 is 28.3. The maximum atomic E-state index is 11.6. The zero-order valence-electron chi connectivity index (χ0n) is 15.7. The van der Waals surface area contributed by atoms with Gasteiger partial charge in [0.2, 0.25) is 5.88 Å². The number of hydrogen-bond acceptors (Lipinski definition) is 7. The molecule has 2 aliphatic heterocycles. The molecule has 0 radical (unpaired) electrons. The van der Waals surface area contributed by atoms with Crippen LogP contribution in [0.1, 0.15) is 6.42 Å². The van der Waals surface area contributed by atoms with Gasteiger partial charge in [-0.15, -0.1) is 24.0 Å². The summed E-state index contributed by atoms with van der Waals surface area (Å²) in [7, 11) is 0.511. The fourth-order valence-corrected chi connectivity index (χ4v) is 5.22. The molecule has 2 saturated heterocycles. The van der Waals surface area contributed by atoms with Crippen molar-refractivity contribution < 1.29 is 13.2 Å². The Morgan fingerprint density at radius 2 is 2.07 bits per heavy atom. The monoisotopic (exact) mass is 510 g/mol. The van der Waals surface area contributed by atoms with Gasteiger partial charge in [0.1, 0.15) is 12.1 Å². The van der Waals surface area contributed by atoms with Crippen molar-refractivity contribution in [3.05, 3.63) is 12.4 Å². The zero-order valence-corrected chi connectivity index (χ0v) is 18.8. The number of aromatic nitrogens is 2. The summed E-state index contributed by atoms with van der Waals surface area (Å²) >= 11 is 0. The predicted molar refractivity (Wildman–Crippen MR) is 116 cm³/mol. The van der Waals surface area contributed by atoms with E-state index >= 15 is 0 Å². The number of aliphatic imine (C=N–C) groups is 1. The third-order valence-electron chi connectivity index (χ3n) is 4.83. The highest BCUT2D eigenvalue weighted by molar-refractivity contribution is 14.0. The molecular weight excluding hydrogens is 483 g/mol. The molecule has 0 aliphatic carbocycles. The summed E-state index contributed by atoms with van der Waals surface area (Å²) in [5, 5.41) is 3.34. The number of methoxy groups -OCH3 is 1. The fraction of sp³-hybridized carbons (Fsp3) is 0.688. The predicted octanol–water partition coefficient (Wildman–Crippen LogP) is 0.235. The molecule has 0 amide bonds. The number of hydrogen-bond donors (Lipinski definition) is 1. The SMILES string of the molecule is CN=C(NCC1CCS(=O)(=O)C1)N1CCN(c2cc(OC)ncn2)CC1.I. The number of rotatable bonds is 4. The van der Waals surface area contributed by atoms with Crippen molar-refractivity contribution in [1.82, 2.24) is 20.2 Å². The number of ether oxygens (including phenoxy) is 1. The number of sulfone groups is 1. The Morgan fingerprint density at radius 1 is 1.33 bits per heavy atom. The molecule has 1 N–H and O–H groups in total. The van der Waals surface area contributed by atoms with E-state index in [2.05, 4.69) is 30.1 Å². The first-order valence-electron chi connectivity index (χ1n) is 8.78. The van der Waals surface area contributed by atoms with Crippen molar-refractivity contribution in [1.29, 1.82) is 0 Å². The second kappa shape index (κ2) is 9.71.